The molecule has 1 saturated carbocycles. The molecule has 0 radical (unpaired) electrons. The third kappa shape index (κ3) is 1.46. The predicted molar refractivity (Wildman–Crippen MR) is 79.0 cm³/mol. The van der Waals surface area contributed by atoms with Gasteiger partial charge in [-0.25, -0.2) is 4.39 Å². The lowest BCUT2D eigenvalue weighted by molar-refractivity contribution is 0.212. The van der Waals surface area contributed by atoms with E-state index in [0.717, 1.165) is 24.1 Å². The van der Waals surface area contributed by atoms with Crippen molar-refractivity contribution in [2.24, 2.45) is 11.1 Å². The molecule has 1 heterocycles. The van der Waals surface area contributed by atoms with Crippen molar-refractivity contribution in [1.29, 1.82) is 0 Å². The van der Waals surface area contributed by atoms with E-state index < -0.39 is 5.54 Å². The maximum absolute atomic E-state index is 13.9. The first-order valence-corrected chi connectivity index (χ1v) is 7.37. The Kier molecular flexibility index (Phi) is 2.39. The number of hydrogen-bond donors (Lipinski definition) is 1. The van der Waals surface area contributed by atoms with Gasteiger partial charge < -0.3 is 5.73 Å². The Morgan fingerprint density at radius 1 is 1.24 bits per heavy atom. The summed E-state index contributed by atoms with van der Waals surface area (Å²) in [4.78, 5) is 0. The summed E-state index contributed by atoms with van der Waals surface area (Å²) >= 11 is 0. The second kappa shape index (κ2) is 3.89. The minimum absolute atomic E-state index is 0.0160. The Morgan fingerprint density at radius 2 is 2.00 bits per heavy atom. The van der Waals surface area contributed by atoms with E-state index in [9.17, 15) is 4.39 Å². The van der Waals surface area contributed by atoms with Gasteiger partial charge in [0.25, 0.3) is 0 Å². The van der Waals surface area contributed by atoms with E-state index in [1.165, 1.54) is 6.07 Å². The zero-order valence-electron chi connectivity index (χ0n) is 12.2. The molecular weight excluding hydrogens is 265 g/mol. The fourth-order valence-electron chi connectivity index (χ4n) is 4.15. The van der Waals surface area contributed by atoms with Crippen LogP contribution in [0, 0.1) is 11.2 Å². The van der Waals surface area contributed by atoms with E-state index in [-0.39, 0.29) is 11.2 Å². The fraction of sp³-hybridized carbons (Fsp3) is 0.412. The second-order valence-electron chi connectivity index (χ2n) is 6.80. The quantitative estimate of drug-likeness (QED) is 0.873. The van der Waals surface area contributed by atoms with Crippen molar-refractivity contribution in [3.63, 3.8) is 0 Å². The molecule has 2 aliphatic rings. The number of rotatable bonds is 1. The van der Waals surface area contributed by atoms with Crippen molar-refractivity contribution >= 4 is 0 Å². The van der Waals surface area contributed by atoms with Crippen LogP contribution >= 0.6 is 0 Å². The largest absolute Gasteiger partial charge is 0.320 e. The van der Waals surface area contributed by atoms with Gasteiger partial charge in [0, 0.05) is 5.56 Å². The average Bonchev–Trinajstić information content (AvgIpc) is 2.79. The Bertz CT molecular complexity index is 741. The van der Waals surface area contributed by atoms with E-state index in [4.69, 9.17) is 5.73 Å². The first kappa shape index (κ1) is 12.9. The summed E-state index contributed by atoms with van der Waals surface area (Å²) < 4.78 is 13.9. The highest BCUT2D eigenvalue weighted by Gasteiger charge is 2.61. The first-order chi connectivity index (χ1) is 9.95. The molecule has 2 aromatic rings. The van der Waals surface area contributed by atoms with Gasteiger partial charge in [0.1, 0.15) is 5.82 Å². The van der Waals surface area contributed by atoms with Crippen LogP contribution in [0.25, 0.3) is 11.3 Å². The molecule has 2 atom stereocenters. The maximum Gasteiger partial charge on any atom is 0.132 e. The molecule has 2 aliphatic carbocycles. The molecule has 0 aliphatic heterocycles. The number of halogens is 1. The monoisotopic (exact) mass is 283 g/mol. The molecule has 4 heteroatoms. The van der Waals surface area contributed by atoms with Crippen LogP contribution in [0.5, 0.6) is 0 Å². The molecule has 0 saturated heterocycles. The smallest absolute Gasteiger partial charge is 0.132 e. The van der Waals surface area contributed by atoms with Crippen LogP contribution in [0.2, 0.25) is 0 Å². The van der Waals surface area contributed by atoms with Gasteiger partial charge in [0.05, 0.1) is 16.9 Å². The third-order valence-electron chi connectivity index (χ3n) is 5.62. The van der Waals surface area contributed by atoms with Crippen LogP contribution in [-0.4, -0.2) is 10.2 Å². The van der Waals surface area contributed by atoms with Crippen molar-refractivity contribution in [3.05, 3.63) is 47.4 Å². The van der Waals surface area contributed by atoms with Crippen LogP contribution < -0.4 is 5.73 Å². The van der Waals surface area contributed by atoms with Gasteiger partial charge in [-0.3, -0.25) is 0 Å². The van der Waals surface area contributed by atoms with Crippen LogP contribution in [0.15, 0.2) is 30.3 Å². The fourth-order valence-corrected chi connectivity index (χ4v) is 4.15. The Hall–Kier alpha value is -1.81. The molecule has 0 spiro atoms. The molecule has 4 rings (SSSR count). The Balaban J connectivity index is 1.89. The predicted octanol–water partition coefficient (Wildman–Crippen LogP) is 3.35. The number of nitrogens with zero attached hydrogens (tertiary/aromatic N) is 2. The highest BCUT2D eigenvalue weighted by atomic mass is 19.1. The van der Waals surface area contributed by atoms with Gasteiger partial charge in [-0.05, 0) is 47.9 Å². The van der Waals surface area contributed by atoms with Crippen molar-refractivity contribution in [2.75, 3.05) is 0 Å². The van der Waals surface area contributed by atoms with Crippen molar-refractivity contribution in [1.82, 2.24) is 10.2 Å². The molecule has 2 N–H and O–H groups in total. The van der Waals surface area contributed by atoms with Gasteiger partial charge in [0.15, 0.2) is 0 Å². The molecule has 108 valence electrons. The average molecular weight is 283 g/mol. The maximum atomic E-state index is 13.9. The topological polar surface area (TPSA) is 51.8 Å². The van der Waals surface area contributed by atoms with Crippen LogP contribution in [0.3, 0.4) is 0 Å². The zero-order valence-corrected chi connectivity index (χ0v) is 12.2. The normalized spacial score (nSPS) is 28.7. The van der Waals surface area contributed by atoms with E-state index >= 15 is 0 Å². The second-order valence-corrected chi connectivity index (χ2v) is 6.80. The van der Waals surface area contributed by atoms with E-state index in [1.807, 2.05) is 12.1 Å². The molecule has 1 aromatic heterocycles. The van der Waals surface area contributed by atoms with Gasteiger partial charge in [0.2, 0.25) is 0 Å². The number of fused-ring (bicyclic) bond motifs is 5. The summed E-state index contributed by atoms with van der Waals surface area (Å²) in [6.07, 6.45) is 2.02. The van der Waals surface area contributed by atoms with E-state index in [0.29, 0.717) is 17.2 Å². The summed E-state index contributed by atoms with van der Waals surface area (Å²) in [5.74, 6) is 0.121. The lowest BCUT2D eigenvalue weighted by Crippen LogP contribution is -2.44. The highest BCUT2D eigenvalue weighted by Crippen LogP contribution is 2.64. The van der Waals surface area contributed by atoms with Crippen molar-refractivity contribution in [2.45, 2.75) is 38.1 Å². The summed E-state index contributed by atoms with van der Waals surface area (Å²) in [5, 5.41) is 8.63. The zero-order chi connectivity index (χ0) is 14.8. The Morgan fingerprint density at radius 3 is 2.76 bits per heavy atom. The first-order valence-electron chi connectivity index (χ1n) is 7.37. The molecule has 1 aromatic carbocycles. The van der Waals surface area contributed by atoms with Gasteiger partial charge in [-0.1, -0.05) is 26.0 Å². The van der Waals surface area contributed by atoms with Crippen LogP contribution in [0.4, 0.5) is 4.39 Å². The molecule has 3 nitrogen and oxygen atoms in total. The summed E-state index contributed by atoms with van der Waals surface area (Å²) in [5.41, 5.74) is 9.38. The van der Waals surface area contributed by atoms with Crippen molar-refractivity contribution in [3.8, 4) is 11.3 Å². The minimum atomic E-state index is -0.395. The van der Waals surface area contributed by atoms with Gasteiger partial charge in [-0.15, -0.1) is 0 Å². The van der Waals surface area contributed by atoms with Crippen molar-refractivity contribution < 1.29 is 4.39 Å². The third-order valence-corrected chi connectivity index (χ3v) is 5.62. The standard InChI is InChI=1S/C17H18FN3/c1-16(2)12-7-8-17(16,19)15-11(12)9-14(20-21-15)10-5-3-4-6-13(10)18/h3-6,9,12H,7-8,19H2,1-2H3/t12-,17+/m1/s1. The van der Waals surface area contributed by atoms with Gasteiger partial charge >= 0.3 is 0 Å². The Labute approximate surface area is 123 Å². The summed E-state index contributed by atoms with van der Waals surface area (Å²) in [6.45, 7) is 4.41. The molecule has 0 unspecified atom stereocenters. The minimum Gasteiger partial charge on any atom is -0.320 e. The number of nitrogens with two attached hydrogens (primary N) is 1. The molecule has 1 fully saturated rings. The number of benzene rings is 1. The van der Waals surface area contributed by atoms with E-state index in [1.54, 1.807) is 12.1 Å². The summed E-state index contributed by atoms with van der Waals surface area (Å²) in [7, 11) is 0. The van der Waals surface area contributed by atoms with Crippen LogP contribution in [-0.2, 0) is 5.54 Å². The van der Waals surface area contributed by atoms with Crippen LogP contribution in [0.1, 0.15) is 43.9 Å². The lowest BCUT2D eigenvalue weighted by Gasteiger charge is -2.33. The molecule has 0 amide bonds. The SMILES string of the molecule is CC1(C)[C@@H]2CC[C@]1(N)c1nnc(-c3ccccc3F)cc12. The lowest BCUT2D eigenvalue weighted by atomic mass is 9.76. The molecule has 21 heavy (non-hydrogen) atoms. The number of hydrogen-bond acceptors (Lipinski definition) is 3. The number of aromatic nitrogens is 2. The molecule has 2 bridgehead atoms. The van der Waals surface area contributed by atoms with Gasteiger partial charge in [-0.2, -0.15) is 10.2 Å². The van der Waals surface area contributed by atoms with E-state index in [2.05, 4.69) is 24.0 Å². The molecular formula is C17H18FN3. The highest BCUT2D eigenvalue weighted by molar-refractivity contribution is 5.62. The summed E-state index contributed by atoms with van der Waals surface area (Å²) in [6, 6.07) is 8.67.